The molecule has 1 N–H and O–H groups in total. The van der Waals surface area contributed by atoms with Crippen LogP contribution in [0.3, 0.4) is 0 Å². The van der Waals surface area contributed by atoms with Crippen LogP contribution in [0.4, 0.5) is 0 Å². The highest BCUT2D eigenvalue weighted by Crippen LogP contribution is 2.28. The Labute approximate surface area is 113 Å². The Hall–Kier alpha value is -1.65. The summed E-state index contributed by atoms with van der Waals surface area (Å²) in [6.45, 7) is 0. The minimum atomic E-state index is -1.06. The second-order valence-electron chi connectivity index (χ2n) is 3.54. The van der Waals surface area contributed by atoms with Crippen molar-refractivity contribution in [3.8, 4) is 11.4 Å². The molecule has 0 aliphatic heterocycles. The number of ether oxygens (including phenoxy) is 1. The van der Waals surface area contributed by atoms with E-state index in [9.17, 15) is 4.79 Å². The lowest BCUT2D eigenvalue weighted by atomic mass is 10.3. The Morgan fingerprint density at radius 1 is 1.33 bits per heavy atom. The zero-order chi connectivity index (χ0) is 13.3. The number of hydrogen-bond acceptors (Lipinski definition) is 2. The van der Waals surface area contributed by atoms with Gasteiger partial charge in [0, 0.05) is 18.0 Å². The second-order valence-corrected chi connectivity index (χ2v) is 4.38. The van der Waals surface area contributed by atoms with E-state index >= 15 is 0 Å². The van der Waals surface area contributed by atoms with E-state index in [4.69, 9.17) is 33.0 Å². The number of hydrogen-bond donors (Lipinski definition) is 1. The van der Waals surface area contributed by atoms with Gasteiger partial charge in [-0.2, -0.15) is 0 Å². The molecule has 0 unspecified atom stereocenters. The van der Waals surface area contributed by atoms with Gasteiger partial charge in [-0.1, -0.05) is 23.2 Å². The van der Waals surface area contributed by atoms with Crippen LogP contribution in [0.15, 0.2) is 30.5 Å². The number of methoxy groups -OCH3 is 1. The fourth-order valence-electron chi connectivity index (χ4n) is 1.61. The summed E-state index contributed by atoms with van der Waals surface area (Å²) in [5.41, 5.74) is 0.685. The molecule has 0 saturated heterocycles. The molecule has 0 aliphatic rings. The molecule has 0 saturated carbocycles. The van der Waals surface area contributed by atoms with E-state index in [1.165, 1.54) is 23.9 Å². The van der Waals surface area contributed by atoms with Crippen LogP contribution in [-0.4, -0.2) is 22.8 Å². The van der Waals surface area contributed by atoms with E-state index in [0.29, 0.717) is 21.5 Å². The van der Waals surface area contributed by atoms with Gasteiger partial charge in [0.25, 0.3) is 0 Å². The van der Waals surface area contributed by atoms with E-state index < -0.39 is 5.97 Å². The number of rotatable bonds is 3. The van der Waals surface area contributed by atoms with Gasteiger partial charge in [0.05, 0.1) is 17.2 Å². The molecule has 18 heavy (non-hydrogen) atoms. The van der Waals surface area contributed by atoms with Crippen LogP contribution in [0, 0.1) is 0 Å². The van der Waals surface area contributed by atoms with Crippen molar-refractivity contribution < 1.29 is 14.6 Å². The maximum atomic E-state index is 11.1. The zero-order valence-corrected chi connectivity index (χ0v) is 10.9. The first-order valence-corrected chi connectivity index (χ1v) is 5.73. The largest absolute Gasteiger partial charge is 0.495 e. The minimum Gasteiger partial charge on any atom is -0.495 e. The van der Waals surface area contributed by atoms with Gasteiger partial charge in [0.1, 0.15) is 11.4 Å². The van der Waals surface area contributed by atoms with Crippen molar-refractivity contribution in [2.75, 3.05) is 7.11 Å². The Bertz CT molecular complexity index is 607. The second kappa shape index (κ2) is 4.92. The molecule has 0 atom stereocenters. The first kappa shape index (κ1) is 12.8. The van der Waals surface area contributed by atoms with Crippen molar-refractivity contribution in [2.45, 2.75) is 0 Å². The third-order valence-electron chi connectivity index (χ3n) is 2.42. The van der Waals surface area contributed by atoms with E-state index in [2.05, 4.69) is 0 Å². The fourth-order valence-corrected chi connectivity index (χ4v) is 2.00. The van der Waals surface area contributed by atoms with Gasteiger partial charge >= 0.3 is 5.97 Å². The average molecular weight is 286 g/mol. The molecule has 0 radical (unpaired) electrons. The number of carboxylic acid groups (broad SMARTS) is 1. The summed E-state index contributed by atoms with van der Waals surface area (Å²) in [4.78, 5) is 11.1. The van der Waals surface area contributed by atoms with Crippen molar-refractivity contribution >= 4 is 29.2 Å². The summed E-state index contributed by atoms with van der Waals surface area (Å²) in [6.07, 6.45) is 1.52. The number of carboxylic acids is 1. The number of halogens is 2. The van der Waals surface area contributed by atoms with Crippen molar-refractivity contribution in [2.24, 2.45) is 0 Å². The number of benzene rings is 1. The highest BCUT2D eigenvalue weighted by molar-refractivity contribution is 6.32. The molecule has 6 heteroatoms. The first-order chi connectivity index (χ1) is 8.52. The fraction of sp³-hybridized carbons (Fsp3) is 0.0833. The van der Waals surface area contributed by atoms with Crippen LogP contribution in [0.5, 0.6) is 5.75 Å². The van der Waals surface area contributed by atoms with Crippen LogP contribution >= 0.6 is 23.2 Å². The summed E-state index contributed by atoms with van der Waals surface area (Å²) in [5.74, 6) is -0.592. The van der Waals surface area contributed by atoms with E-state index in [-0.39, 0.29) is 5.69 Å². The molecule has 0 fully saturated rings. The molecule has 0 amide bonds. The molecule has 2 aromatic rings. The van der Waals surface area contributed by atoms with Crippen LogP contribution in [0.2, 0.25) is 10.0 Å². The third kappa shape index (κ3) is 2.30. The van der Waals surface area contributed by atoms with Crippen molar-refractivity contribution in [3.63, 3.8) is 0 Å². The number of nitrogens with zero attached hydrogens (tertiary/aromatic N) is 1. The van der Waals surface area contributed by atoms with E-state index in [0.717, 1.165) is 0 Å². The molecule has 1 aromatic carbocycles. The van der Waals surface area contributed by atoms with Crippen LogP contribution in [-0.2, 0) is 0 Å². The predicted octanol–water partition coefficient (Wildman–Crippen LogP) is 3.49. The van der Waals surface area contributed by atoms with Gasteiger partial charge in [-0.15, -0.1) is 0 Å². The molecule has 0 aliphatic carbocycles. The quantitative estimate of drug-likeness (QED) is 0.939. The van der Waals surface area contributed by atoms with Crippen LogP contribution in [0.25, 0.3) is 5.69 Å². The lowest BCUT2D eigenvalue weighted by molar-refractivity contribution is 0.0688. The molecular weight excluding hydrogens is 277 g/mol. The van der Waals surface area contributed by atoms with E-state index in [1.54, 1.807) is 18.2 Å². The summed E-state index contributed by atoms with van der Waals surface area (Å²) < 4.78 is 6.55. The normalized spacial score (nSPS) is 10.4. The van der Waals surface area contributed by atoms with Gasteiger partial charge in [-0.25, -0.2) is 4.79 Å². The monoisotopic (exact) mass is 285 g/mol. The van der Waals surface area contributed by atoms with Crippen molar-refractivity contribution in [3.05, 3.63) is 46.2 Å². The van der Waals surface area contributed by atoms with Gasteiger partial charge in [-0.3, -0.25) is 0 Å². The topological polar surface area (TPSA) is 51.5 Å². The van der Waals surface area contributed by atoms with Crippen LogP contribution in [0.1, 0.15) is 10.5 Å². The maximum Gasteiger partial charge on any atom is 0.352 e. The third-order valence-corrected chi connectivity index (χ3v) is 2.94. The zero-order valence-electron chi connectivity index (χ0n) is 9.35. The smallest absolute Gasteiger partial charge is 0.352 e. The molecule has 0 spiro atoms. The van der Waals surface area contributed by atoms with Crippen molar-refractivity contribution in [1.82, 2.24) is 4.57 Å². The molecule has 1 aromatic heterocycles. The molecule has 94 valence electrons. The van der Waals surface area contributed by atoms with Gasteiger partial charge < -0.3 is 14.4 Å². The maximum absolute atomic E-state index is 11.1. The summed E-state index contributed by atoms with van der Waals surface area (Å²) in [6, 6.07) is 6.35. The molecule has 1 heterocycles. The van der Waals surface area contributed by atoms with Crippen LogP contribution < -0.4 is 4.74 Å². The van der Waals surface area contributed by atoms with E-state index in [1.807, 2.05) is 0 Å². The van der Waals surface area contributed by atoms with Gasteiger partial charge in [0.15, 0.2) is 0 Å². The summed E-state index contributed by atoms with van der Waals surface area (Å²) >= 11 is 11.7. The molecule has 2 rings (SSSR count). The number of aromatic nitrogens is 1. The summed E-state index contributed by atoms with van der Waals surface area (Å²) in [7, 11) is 1.49. The Balaban J connectivity index is 2.58. The molecular formula is C12H9Cl2NO3. The van der Waals surface area contributed by atoms with Gasteiger partial charge in [-0.05, 0) is 18.2 Å². The highest BCUT2D eigenvalue weighted by atomic mass is 35.5. The van der Waals surface area contributed by atoms with Crippen molar-refractivity contribution in [1.29, 1.82) is 0 Å². The number of carbonyl (C=O) groups is 1. The SMILES string of the molecule is COc1cc(-n2cc(Cl)cc2C(=O)O)ccc1Cl. The van der Waals surface area contributed by atoms with Gasteiger partial charge in [0.2, 0.25) is 0 Å². The molecule has 4 nitrogen and oxygen atoms in total. The Kier molecular flexibility index (Phi) is 3.50. The Morgan fingerprint density at radius 2 is 2.06 bits per heavy atom. The standard InChI is InChI=1S/C12H9Cl2NO3/c1-18-11-5-8(2-3-9(11)14)15-6-7(13)4-10(15)12(16)17/h2-6H,1H3,(H,16,17). The summed E-state index contributed by atoms with van der Waals surface area (Å²) in [5, 5.41) is 9.89. The predicted molar refractivity (Wildman–Crippen MR) is 69.3 cm³/mol. The highest BCUT2D eigenvalue weighted by Gasteiger charge is 2.14. The lowest BCUT2D eigenvalue weighted by Gasteiger charge is -2.09. The first-order valence-electron chi connectivity index (χ1n) is 4.98. The molecule has 0 bridgehead atoms. The lowest BCUT2D eigenvalue weighted by Crippen LogP contribution is -2.05. The average Bonchev–Trinajstić information content (AvgIpc) is 2.72. The Morgan fingerprint density at radius 3 is 2.67 bits per heavy atom. The minimum absolute atomic E-state index is 0.0735. The number of aromatic carboxylic acids is 1.